The van der Waals surface area contributed by atoms with Gasteiger partial charge in [0.1, 0.15) is 11.5 Å². The lowest BCUT2D eigenvalue weighted by molar-refractivity contribution is 0.477. The summed E-state index contributed by atoms with van der Waals surface area (Å²) >= 11 is 0. The van der Waals surface area contributed by atoms with Crippen LogP contribution in [0.25, 0.3) is 0 Å². The molecule has 0 fully saturated rings. The molecule has 0 spiro atoms. The van der Waals surface area contributed by atoms with Crippen molar-refractivity contribution in [2.24, 2.45) is 0 Å². The standard InChI is InChI=1S/C23H25NO/c1-19-21(13-9-17-24-18-20-10-4-2-5-11-20)12-8-16-23(19)25-22-14-6-3-7-15-22/h2-8,10-12,14-16,24H,9,13,17-18H2,1H3. The van der Waals surface area contributed by atoms with Crippen molar-refractivity contribution in [1.82, 2.24) is 5.32 Å². The lowest BCUT2D eigenvalue weighted by Crippen LogP contribution is -2.15. The molecule has 2 heteroatoms. The van der Waals surface area contributed by atoms with Gasteiger partial charge in [-0.05, 0) is 61.2 Å². The minimum absolute atomic E-state index is 0.882. The molecule has 0 unspecified atom stereocenters. The zero-order chi connectivity index (χ0) is 17.3. The molecule has 25 heavy (non-hydrogen) atoms. The van der Waals surface area contributed by atoms with Crippen molar-refractivity contribution in [1.29, 1.82) is 0 Å². The van der Waals surface area contributed by atoms with Crippen molar-refractivity contribution in [2.45, 2.75) is 26.3 Å². The number of hydrogen-bond acceptors (Lipinski definition) is 2. The predicted octanol–water partition coefficient (Wildman–Crippen LogP) is 5.51. The average Bonchev–Trinajstić information content (AvgIpc) is 2.66. The molecule has 128 valence electrons. The number of rotatable bonds is 8. The molecule has 0 aliphatic carbocycles. The number of nitrogens with one attached hydrogen (secondary N) is 1. The van der Waals surface area contributed by atoms with Gasteiger partial charge in [0.15, 0.2) is 0 Å². The molecule has 1 N–H and O–H groups in total. The van der Waals surface area contributed by atoms with E-state index in [4.69, 9.17) is 4.74 Å². The van der Waals surface area contributed by atoms with Crippen LogP contribution in [0.5, 0.6) is 11.5 Å². The smallest absolute Gasteiger partial charge is 0.130 e. The van der Waals surface area contributed by atoms with Crippen LogP contribution >= 0.6 is 0 Å². The summed E-state index contributed by atoms with van der Waals surface area (Å²) in [5, 5.41) is 3.51. The molecular formula is C23H25NO. The average molecular weight is 331 g/mol. The summed E-state index contributed by atoms with van der Waals surface area (Å²) in [5.74, 6) is 1.83. The molecular weight excluding hydrogens is 306 g/mol. The summed E-state index contributed by atoms with van der Waals surface area (Å²) < 4.78 is 6.02. The highest BCUT2D eigenvalue weighted by atomic mass is 16.5. The third kappa shape index (κ3) is 5.20. The molecule has 0 bridgehead atoms. The zero-order valence-corrected chi connectivity index (χ0v) is 14.7. The van der Waals surface area contributed by atoms with Crippen LogP contribution in [0.4, 0.5) is 0 Å². The van der Waals surface area contributed by atoms with Crippen LogP contribution in [-0.4, -0.2) is 6.54 Å². The fourth-order valence-corrected chi connectivity index (χ4v) is 2.89. The third-order valence-corrected chi connectivity index (χ3v) is 4.34. The maximum absolute atomic E-state index is 6.02. The van der Waals surface area contributed by atoms with E-state index in [1.807, 2.05) is 36.4 Å². The van der Waals surface area contributed by atoms with E-state index in [-0.39, 0.29) is 0 Å². The number of para-hydroxylation sites is 1. The minimum atomic E-state index is 0.882. The highest BCUT2D eigenvalue weighted by molar-refractivity contribution is 5.42. The maximum atomic E-state index is 6.02. The van der Waals surface area contributed by atoms with Gasteiger partial charge in [0.25, 0.3) is 0 Å². The topological polar surface area (TPSA) is 21.3 Å². The van der Waals surface area contributed by atoms with Gasteiger partial charge in [0.2, 0.25) is 0 Å². The van der Waals surface area contributed by atoms with Crippen LogP contribution in [0, 0.1) is 6.92 Å². The zero-order valence-electron chi connectivity index (χ0n) is 14.7. The molecule has 2 nitrogen and oxygen atoms in total. The van der Waals surface area contributed by atoms with Crippen LogP contribution in [0.3, 0.4) is 0 Å². The van der Waals surface area contributed by atoms with Crippen molar-refractivity contribution in [2.75, 3.05) is 6.54 Å². The van der Waals surface area contributed by atoms with Gasteiger partial charge in [0, 0.05) is 6.54 Å². The summed E-state index contributed by atoms with van der Waals surface area (Å²) in [7, 11) is 0. The molecule has 0 saturated carbocycles. The molecule has 0 amide bonds. The van der Waals surface area contributed by atoms with Crippen LogP contribution in [0.15, 0.2) is 78.9 Å². The Labute approximate surface area is 150 Å². The second kappa shape index (κ2) is 9.05. The number of aryl methyl sites for hydroxylation is 1. The first kappa shape index (κ1) is 17.2. The first-order chi connectivity index (χ1) is 12.3. The van der Waals surface area contributed by atoms with E-state index in [2.05, 4.69) is 54.7 Å². The van der Waals surface area contributed by atoms with E-state index in [1.54, 1.807) is 0 Å². The van der Waals surface area contributed by atoms with Crippen LogP contribution in [0.1, 0.15) is 23.1 Å². The normalized spacial score (nSPS) is 10.6. The van der Waals surface area contributed by atoms with Crippen LogP contribution < -0.4 is 10.1 Å². The van der Waals surface area contributed by atoms with Crippen molar-refractivity contribution in [3.05, 3.63) is 95.6 Å². The fourth-order valence-electron chi connectivity index (χ4n) is 2.89. The molecule has 0 atom stereocenters. The van der Waals surface area contributed by atoms with E-state index in [9.17, 15) is 0 Å². The summed E-state index contributed by atoms with van der Waals surface area (Å²) in [4.78, 5) is 0. The Morgan fingerprint density at radius 3 is 2.28 bits per heavy atom. The van der Waals surface area contributed by atoms with Gasteiger partial charge in [-0.2, -0.15) is 0 Å². The Bertz CT molecular complexity index is 769. The molecule has 0 aliphatic rings. The first-order valence-electron chi connectivity index (χ1n) is 8.89. The first-order valence-corrected chi connectivity index (χ1v) is 8.89. The summed E-state index contributed by atoms with van der Waals surface area (Å²) in [5.41, 5.74) is 3.92. The Morgan fingerprint density at radius 1 is 0.800 bits per heavy atom. The molecule has 0 radical (unpaired) electrons. The minimum Gasteiger partial charge on any atom is -0.457 e. The molecule has 3 aromatic carbocycles. The van der Waals surface area contributed by atoms with Crippen molar-refractivity contribution >= 4 is 0 Å². The van der Waals surface area contributed by atoms with E-state index < -0.39 is 0 Å². The number of benzene rings is 3. The molecule has 0 saturated heterocycles. The second-order valence-corrected chi connectivity index (χ2v) is 6.22. The Balaban J connectivity index is 1.50. The van der Waals surface area contributed by atoms with Crippen LogP contribution in [-0.2, 0) is 13.0 Å². The summed E-state index contributed by atoms with van der Waals surface area (Å²) in [6.45, 7) is 4.08. The third-order valence-electron chi connectivity index (χ3n) is 4.34. The summed E-state index contributed by atoms with van der Waals surface area (Å²) in [6, 6.07) is 26.8. The lowest BCUT2D eigenvalue weighted by atomic mass is 10.0. The van der Waals surface area contributed by atoms with Gasteiger partial charge < -0.3 is 10.1 Å². The number of hydrogen-bond donors (Lipinski definition) is 1. The van der Waals surface area contributed by atoms with Crippen molar-refractivity contribution in [3.63, 3.8) is 0 Å². The monoisotopic (exact) mass is 331 g/mol. The largest absolute Gasteiger partial charge is 0.457 e. The Hall–Kier alpha value is -2.58. The van der Waals surface area contributed by atoms with E-state index in [0.717, 1.165) is 37.4 Å². The molecule has 0 heterocycles. The molecule has 3 aromatic rings. The van der Waals surface area contributed by atoms with Crippen molar-refractivity contribution < 1.29 is 4.74 Å². The van der Waals surface area contributed by atoms with E-state index in [0.29, 0.717) is 0 Å². The van der Waals surface area contributed by atoms with Gasteiger partial charge in [-0.1, -0.05) is 60.7 Å². The van der Waals surface area contributed by atoms with Gasteiger partial charge in [-0.15, -0.1) is 0 Å². The SMILES string of the molecule is Cc1c(CCCNCc2ccccc2)cccc1Oc1ccccc1. The van der Waals surface area contributed by atoms with Crippen molar-refractivity contribution in [3.8, 4) is 11.5 Å². The van der Waals surface area contributed by atoms with E-state index in [1.165, 1.54) is 16.7 Å². The predicted molar refractivity (Wildman–Crippen MR) is 104 cm³/mol. The highest BCUT2D eigenvalue weighted by Gasteiger charge is 2.06. The van der Waals surface area contributed by atoms with Gasteiger partial charge >= 0.3 is 0 Å². The maximum Gasteiger partial charge on any atom is 0.130 e. The Kier molecular flexibility index (Phi) is 6.24. The Morgan fingerprint density at radius 2 is 1.52 bits per heavy atom. The highest BCUT2D eigenvalue weighted by Crippen LogP contribution is 2.27. The van der Waals surface area contributed by atoms with E-state index >= 15 is 0 Å². The van der Waals surface area contributed by atoms with Gasteiger partial charge in [-0.3, -0.25) is 0 Å². The molecule has 0 aromatic heterocycles. The lowest BCUT2D eigenvalue weighted by Gasteiger charge is -2.13. The quantitative estimate of drug-likeness (QED) is 0.550. The van der Waals surface area contributed by atoms with Gasteiger partial charge in [0.05, 0.1) is 0 Å². The number of ether oxygens (including phenoxy) is 1. The molecule has 3 rings (SSSR count). The molecule has 0 aliphatic heterocycles. The summed E-state index contributed by atoms with van der Waals surface area (Å²) in [6.07, 6.45) is 2.17. The van der Waals surface area contributed by atoms with Gasteiger partial charge in [-0.25, -0.2) is 0 Å². The second-order valence-electron chi connectivity index (χ2n) is 6.22. The fraction of sp³-hybridized carbons (Fsp3) is 0.217. The van der Waals surface area contributed by atoms with Crippen LogP contribution in [0.2, 0.25) is 0 Å².